The van der Waals surface area contributed by atoms with Crippen LogP contribution in [0.3, 0.4) is 0 Å². The number of morpholine rings is 1. The first-order valence-electron chi connectivity index (χ1n) is 8.56. The lowest BCUT2D eigenvalue weighted by Gasteiger charge is -2.26. The van der Waals surface area contributed by atoms with Crippen molar-refractivity contribution in [3.05, 3.63) is 0 Å². The highest BCUT2D eigenvalue weighted by atomic mass is 16.5. The highest BCUT2D eigenvalue weighted by Crippen LogP contribution is 2.46. The molecule has 1 aliphatic carbocycles. The molecule has 1 heterocycles. The third-order valence-electron chi connectivity index (χ3n) is 4.50. The van der Waals surface area contributed by atoms with Gasteiger partial charge >= 0.3 is 0 Å². The second-order valence-electron chi connectivity index (χ2n) is 6.70. The SMILES string of the molecule is CN(C)CCCNC(=O)C1(C(=O)NCCN2CCOCC2)CC1. The Morgan fingerprint density at radius 3 is 2.26 bits per heavy atom. The summed E-state index contributed by atoms with van der Waals surface area (Å²) in [7, 11) is 4.01. The third kappa shape index (κ3) is 5.44. The molecule has 132 valence electrons. The van der Waals surface area contributed by atoms with Gasteiger partial charge in [-0.1, -0.05) is 0 Å². The summed E-state index contributed by atoms with van der Waals surface area (Å²) in [6.45, 7) is 6.30. The van der Waals surface area contributed by atoms with E-state index < -0.39 is 5.41 Å². The lowest BCUT2D eigenvalue weighted by Crippen LogP contribution is -2.46. The second-order valence-corrected chi connectivity index (χ2v) is 6.70. The molecule has 0 radical (unpaired) electrons. The van der Waals surface area contributed by atoms with Gasteiger partial charge in [-0.25, -0.2) is 0 Å². The van der Waals surface area contributed by atoms with Crippen LogP contribution >= 0.6 is 0 Å². The van der Waals surface area contributed by atoms with Gasteiger partial charge in [-0.05, 0) is 39.9 Å². The molecule has 7 nitrogen and oxygen atoms in total. The first-order valence-corrected chi connectivity index (χ1v) is 8.56. The zero-order valence-corrected chi connectivity index (χ0v) is 14.4. The molecule has 1 saturated carbocycles. The van der Waals surface area contributed by atoms with Crippen LogP contribution in [0.4, 0.5) is 0 Å². The summed E-state index contributed by atoms with van der Waals surface area (Å²) in [5, 5.41) is 5.84. The number of carbonyl (C=O) groups excluding carboxylic acids is 2. The molecule has 1 aliphatic heterocycles. The largest absolute Gasteiger partial charge is 0.379 e. The molecule has 0 aromatic heterocycles. The van der Waals surface area contributed by atoms with Crippen LogP contribution in [-0.4, -0.2) is 88.2 Å². The molecule has 0 bridgehead atoms. The Kier molecular flexibility index (Phi) is 6.80. The number of nitrogens with one attached hydrogen (secondary N) is 2. The van der Waals surface area contributed by atoms with E-state index in [0.717, 1.165) is 45.8 Å². The number of hydrogen-bond donors (Lipinski definition) is 2. The first-order chi connectivity index (χ1) is 11.0. The predicted octanol–water partition coefficient (Wildman–Crippen LogP) is -0.717. The molecular formula is C16H30N4O3. The Balaban J connectivity index is 1.65. The minimum Gasteiger partial charge on any atom is -0.379 e. The lowest BCUT2D eigenvalue weighted by atomic mass is 10.1. The summed E-state index contributed by atoms with van der Waals surface area (Å²) in [5.74, 6) is -0.226. The van der Waals surface area contributed by atoms with E-state index in [9.17, 15) is 9.59 Å². The quantitative estimate of drug-likeness (QED) is 0.432. The van der Waals surface area contributed by atoms with Crippen LogP contribution in [0.1, 0.15) is 19.3 Å². The molecule has 1 saturated heterocycles. The smallest absolute Gasteiger partial charge is 0.235 e. The maximum absolute atomic E-state index is 12.3. The fraction of sp³-hybridized carbons (Fsp3) is 0.875. The average Bonchev–Trinajstić information content (AvgIpc) is 3.34. The van der Waals surface area contributed by atoms with Crippen LogP contribution in [0.15, 0.2) is 0 Å². The summed E-state index contributed by atoms with van der Waals surface area (Å²) in [4.78, 5) is 28.9. The Labute approximate surface area is 138 Å². The Morgan fingerprint density at radius 2 is 1.70 bits per heavy atom. The minimum absolute atomic E-state index is 0.111. The van der Waals surface area contributed by atoms with Gasteiger partial charge in [0.15, 0.2) is 0 Å². The molecule has 23 heavy (non-hydrogen) atoms. The van der Waals surface area contributed by atoms with E-state index in [1.165, 1.54) is 0 Å². The molecular weight excluding hydrogens is 296 g/mol. The summed E-state index contributed by atoms with van der Waals surface area (Å²) >= 11 is 0. The molecule has 2 N–H and O–H groups in total. The zero-order chi connectivity index (χ0) is 16.7. The third-order valence-corrected chi connectivity index (χ3v) is 4.50. The maximum Gasteiger partial charge on any atom is 0.235 e. The molecule has 0 unspecified atom stereocenters. The number of ether oxygens (including phenoxy) is 1. The minimum atomic E-state index is -0.802. The standard InChI is InChI=1S/C16H30N4O3/c1-19(2)8-3-6-17-14(21)16(4-5-16)15(22)18-7-9-20-10-12-23-13-11-20/h3-13H2,1-2H3,(H,17,21)(H,18,22). The summed E-state index contributed by atoms with van der Waals surface area (Å²) in [6.07, 6.45) is 2.22. The van der Waals surface area contributed by atoms with E-state index in [1.54, 1.807) is 0 Å². The summed E-state index contributed by atoms with van der Waals surface area (Å²) in [6, 6.07) is 0. The van der Waals surface area contributed by atoms with Gasteiger partial charge in [0.1, 0.15) is 5.41 Å². The second kappa shape index (κ2) is 8.61. The van der Waals surface area contributed by atoms with E-state index in [2.05, 4.69) is 20.4 Å². The topological polar surface area (TPSA) is 73.9 Å². The predicted molar refractivity (Wildman–Crippen MR) is 88.1 cm³/mol. The van der Waals surface area contributed by atoms with Gasteiger partial charge in [0.2, 0.25) is 11.8 Å². The average molecular weight is 326 g/mol. The lowest BCUT2D eigenvalue weighted by molar-refractivity contribution is -0.137. The number of carbonyl (C=O) groups is 2. The fourth-order valence-corrected chi connectivity index (χ4v) is 2.77. The van der Waals surface area contributed by atoms with E-state index in [0.29, 0.717) is 25.9 Å². The van der Waals surface area contributed by atoms with Crippen LogP contribution in [0.5, 0.6) is 0 Å². The van der Waals surface area contributed by atoms with Crippen molar-refractivity contribution in [2.75, 3.05) is 66.6 Å². The van der Waals surface area contributed by atoms with Crippen molar-refractivity contribution in [2.45, 2.75) is 19.3 Å². The van der Waals surface area contributed by atoms with Crippen molar-refractivity contribution in [3.8, 4) is 0 Å². The zero-order valence-electron chi connectivity index (χ0n) is 14.4. The van der Waals surface area contributed by atoms with Gasteiger partial charge < -0.3 is 20.3 Å². The molecule has 0 aromatic rings. The summed E-state index contributed by atoms with van der Waals surface area (Å²) < 4.78 is 5.30. The van der Waals surface area contributed by atoms with Crippen LogP contribution in [0.2, 0.25) is 0 Å². The normalized spacial score (nSPS) is 20.3. The van der Waals surface area contributed by atoms with Crippen molar-refractivity contribution >= 4 is 11.8 Å². The van der Waals surface area contributed by atoms with E-state index in [1.807, 2.05) is 14.1 Å². The van der Waals surface area contributed by atoms with Gasteiger partial charge in [-0.2, -0.15) is 0 Å². The maximum atomic E-state index is 12.3. The first kappa shape index (κ1) is 18.2. The number of hydrogen-bond acceptors (Lipinski definition) is 5. The number of amides is 2. The Hall–Kier alpha value is -1.18. The van der Waals surface area contributed by atoms with E-state index >= 15 is 0 Å². The van der Waals surface area contributed by atoms with E-state index in [4.69, 9.17) is 4.74 Å². The van der Waals surface area contributed by atoms with Gasteiger partial charge in [0, 0.05) is 32.7 Å². The monoisotopic (exact) mass is 326 g/mol. The van der Waals surface area contributed by atoms with Crippen molar-refractivity contribution in [2.24, 2.45) is 5.41 Å². The highest BCUT2D eigenvalue weighted by molar-refractivity contribution is 6.07. The van der Waals surface area contributed by atoms with Crippen molar-refractivity contribution in [1.82, 2.24) is 20.4 Å². The molecule has 2 amide bonds. The Morgan fingerprint density at radius 1 is 1.09 bits per heavy atom. The van der Waals surface area contributed by atoms with Crippen molar-refractivity contribution < 1.29 is 14.3 Å². The molecule has 0 spiro atoms. The van der Waals surface area contributed by atoms with Crippen LogP contribution in [0, 0.1) is 5.41 Å². The van der Waals surface area contributed by atoms with Gasteiger partial charge in [-0.3, -0.25) is 14.5 Å². The van der Waals surface area contributed by atoms with Crippen LogP contribution in [-0.2, 0) is 14.3 Å². The molecule has 7 heteroatoms. The molecule has 0 aromatic carbocycles. The van der Waals surface area contributed by atoms with Gasteiger partial charge in [0.05, 0.1) is 13.2 Å². The molecule has 2 rings (SSSR count). The number of nitrogens with zero attached hydrogens (tertiary/aromatic N) is 2. The van der Waals surface area contributed by atoms with E-state index in [-0.39, 0.29) is 11.8 Å². The van der Waals surface area contributed by atoms with Crippen LogP contribution in [0.25, 0.3) is 0 Å². The van der Waals surface area contributed by atoms with Crippen molar-refractivity contribution in [3.63, 3.8) is 0 Å². The summed E-state index contributed by atoms with van der Waals surface area (Å²) in [5.41, 5.74) is -0.802. The fourth-order valence-electron chi connectivity index (χ4n) is 2.77. The van der Waals surface area contributed by atoms with Gasteiger partial charge in [0.25, 0.3) is 0 Å². The van der Waals surface area contributed by atoms with Crippen molar-refractivity contribution in [1.29, 1.82) is 0 Å². The Bertz CT molecular complexity index is 404. The number of rotatable bonds is 9. The van der Waals surface area contributed by atoms with Crippen LogP contribution < -0.4 is 10.6 Å². The van der Waals surface area contributed by atoms with Gasteiger partial charge in [-0.15, -0.1) is 0 Å². The molecule has 0 atom stereocenters. The highest BCUT2D eigenvalue weighted by Gasteiger charge is 2.56. The molecule has 2 aliphatic rings. The molecule has 2 fully saturated rings.